The molecule has 3 aromatic carbocycles. The number of aromatic nitrogens is 2. The van der Waals surface area contributed by atoms with Crippen LogP contribution in [0.3, 0.4) is 0 Å². The van der Waals surface area contributed by atoms with Gasteiger partial charge in [-0.2, -0.15) is 5.26 Å². The van der Waals surface area contributed by atoms with Crippen LogP contribution in [0.1, 0.15) is 72.5 Å². The van der Waals surface area contributed by atoms with Crippen LogP contribution >= 0.6 is 0 Å². The normalized spacial score (nSPS) is 23.7. The number of rotatable bonds is 3. The molecule has 5 aliphatic rings. The van der Waals surface area contributed by atoms with Crippen molar-refractivity contribution in [1.82, 2.24) is 9.13 Å². The highest BCUT2D eigenvalue weighted by molar-refractivity contribution is 6.12. The van der Waals surface area contributed by atoms with Crippen LogP contribution in [0.5, 0.6) is 0 Å². The standard InChI is InChI=1S/C44H35N3O/c1-27-11-8-21-38-41(27)35-23-24-40-42(34-17-4-7-22-39(34)48-40)44(35)46(38)30-14-9-12-28(25-30)31-18-10-13-29(26-45)43(31)47-36-19-5-2-15-32(36)33-16-3-6-20-37(33)47/h2-6,8-10,12,14-21,23-25,27,29,40,42H,7,11,13,22H2,1H3. The van der Waals surface area contributed by atoms with Crippen molar-refractivity contribution in [3.05, 3.63) is 149 Å². The Hall–Kier alpha value is -5.53. The van der Waals surface area contributed by atoms with Crippen molar-refractivity contribution in [2.24, 2.45) is 5.92 Å². The first-order valence-corrected chi connectivity index (χ1v) is 17.3. The maximum atomic E-state index is 10.6. The first-order chi connectivity index (χ1) is 23.7. The first-order valence-electron chi connectivity index (χ1n) is 17.3. The van der Waals surface area contributed by atoms with E-state index in [0.29, 0.717) is 12.3 Å². The first kappa shape index (κ1) is 27.6. The lowest BCUT2D eigenvalue weighted by Crippen LogP contribution is -2.21. The third kappa shape index (κ3) is 3.82. The van der Waals surface area contributed by atoms with Crippen LogP contribution in [-0.2, 0) is 4.74 Å². The van der Waals surface area contributed by atoms with Crippen molar-refractivity contribution in [2.75, 3.05) is 0 Å². The molecule has 4 aliphatic carbocycles. The van der Waals surface area contributed by atoms with E-state index >= 15 is 0 Å². The number of nitriles is 1. The number of allylic oxidation sites excluding steroid dienone is 8. The fraction of sp³-hybridized carbons (Fsp3) is 0.205. The van der Waals surface area contributed by atoms with Gasteiger partial charge < -0.3 is 13.9 Å². The Kier molecular flexibility index (Phi) is 6.02. The van der Waals surface area contributed by atoms with E-state index in [4.69, 9.17) is 4.74 Å². The molecule has 3 heterocycles. The van der Waals surface area contributed by atoms with Crippen LogP contribution in [0.15, 0.2) is 121 Å². The number of hydrogen-bond acceptors (Lipinski definition) is 2. The molecule has 4 heteroatoms. The van der Waals surface area contributed by atoms with E-state index in [1.165, 1.54) is 38.9 Å². The molecule has 4 unspecified atom stereocenters. The van der Waals surface area contributed by atoms with Crippen LogP contribution in [0, 0.1) is 17.2 Å². The van der Waals surface area contributed by atoms with Crippen LogP contribution in [0.4, 0.5) is 0 Å². The zero-order valence-electron chi connectivity index (χ0n) is 26.9. The lowest BCUT2D eigenvalue weighted by atomic mass is 9.81. The molecule has 0 bridgehead atoms. The van der Waals surface area contributed by atoms with Gasteiger partial charge >= 0.3 is 0 Å². The Morgan fingerprint density at radius 1 is 0.812 bits per heavy atom. The SMILES string of the molecule is CC1CC=Cc2c1c1c(n2-c2cccc(C3=C(n4c5ccccc5c5ccccc54)C(C#N)CC=C3)c2)C2C3=C(CCC=C3)OC2C=C1. The number of hydrogen-bond donors (Lipinski definition) is 0. The second-order valence-electron chi connectivity index (χ2n) is 13.7. The number of nitrogens with zero attached hydrogens (tertiary/aromatic N) is 3. The van der Waals surface area contributed by atoms with Crippen molar-refractivity contribution < 1.29 is 4.74 Å². The molecule has 0 amide bonds. The number of benzene rings is 3. The third-order valence-electron chi connectivity index (χ3n) is 11.1. The fourth-order valence-electron chi connectivity index (χ4n) is 9.05. The van der Waals surface area contributed by atoms with Crippen LogP contribution < -0.4 is 0 Å². The van der Waals surface area contributed by atoms with Crippen molar-refractivity contribution in [3.63, 3.8) is 0 Å². The van der Waals surface area contributed by atoms with E-state index in [1.807, 2.05) is 0 Å². The molecule has 0 fully saturated rings. The molecule has 4 nitrogen and oxygen atoms in total. The van der Waals surface area contributed by atoms with Gasteiger partial charge in [-0.15, -0.1) is 0 Å². The molecule has 0 saturated carbocycles. The predicted octanol–water partition coefficient (Wildman–Crippen LogP) is 10.7. The van der Waals surface area contributed by atoms with E-state index in [1.54, 1.807) is 0 Å². The number of fused-ring (bicyclic) bond motifs is 9. The Labute approximate surface area is 280 Å². The summed E-state index contributed by atoms with van der Waals surface area (Å²) in [6.07, 6.45) is 22.1. The van der Waals surface area contributed by atoms with E-state index in [2.05, 4.69) is 144 Å². The number of ether oxygens (including phenoxy) is 1. The molecule has 0 spiro atoms. The summed E-state index contributed by atoms with van der Waals surface area (Å²) in [7, 11) is 0. The quantitative estimate of drug-likeness (QED) is 0.201. The second kappa shape index (κ2) is 10.5. The predicted molar refractivity (Wildman–Crippen MR) is 195 cm³/mol. The van der Waals surface area contributed by atoms with Crippen LogP contribution in [-0.4, -0.2) is 15.2 Å². The summed E-state index contributed by atoms with van der Waals surface area (Å²) >= 11 is 0. The molecule has 48 heavy (non-hydrogen) atoms. The highest BCUT2D eigenvalue weighted by atomic mass is 16.5. The van der Waals surface area contributed by atoms with Gasteiger partial charge in [0, 0.05) is 56.7 Å². The zero-order chi connectivity index (χ0) is 31.9. The van der Waals surface area contributed by atoms with E-state index < -0.39 is 0 Å². The molecule has 0 N–H and O–H groups in total. The Morgan fingerprint density at radius 2 is 1.60 bits per heavy atom. The van der Waals surface area contributed by atoms with E-state index in [-0.39, 0.29) is 17.9 Å². The molecule has 1 aliphatic heterocycles. The smallest absolute Gasteiger partial charge is 0.129 e. The Bertz CT molecular complexity index is 2380. The minimum Gasteiger partial charge on any atom is -0.489 e. The molecule has 0 radical (unpaired) electrons. The molecule has 5 aromatic rings. The van der Waals surface area contributed by atoms with Gasteiger partial charge in [0.05, 0.1) is 28.9 Å². The lowest BCUT2D eigenvalue weighted by molar-refractivity contribution is 0.163. The highest BCUT2D eigenvalue weighted by Crippen LogP contribution is 2.52. The molecular formula is C44H35N3O. The van der Waals surface area contributed by atoms with E-state index in [0.717, 1.165) is 58.6 Å². The average molecular weight is 622 g/mol. The topological polar surface area (TPSA) is 42.9 Å². The summed E-state index contributed by atoms with van der Waals surface area (Å²) < 4.78 is 11.5. The summed E-state index contributed by atoms with van der Waals surface area (Å²) in [6, 6.07) is 28.8. The largest absolute Gasteiger partial charge is 0.489 e. The Morgan fingerprint density at radius 3 is 2.42 bits per heavy atom. The maximum Gasteiger partial charge on any atom is 0.129 e. The molecule has 2 aromatic heterocycles. The van der Waals surface area contributed by atoms with Gasteiger partial charge in [0.25, 0.3) is 0 Å². The number of para-hydroxylation sites is 2. The average Bonchev–Trinajstić information content (AvgIpc) is 3.79. The molecular weight excluding hydrogens is 587 g/mol. The maximum absolute atomic E-state index is 10.6. The highest BCUT2D eigenvalue weighted by Gasteiger charge is 2.43. The van der Waals surface area contributed by atoms with Gasteiger partial charge in [-0.05, 0) is 72.7 Å². The van der Waals surface area contributed by atoms with Gasteiger partial charge in [0.2, 0.25) is 0 Å². The van der Waals surface area contributed by atoms with Crippen molar-refractivity contribution >= 4 is 45.2 Å². The van der Waals surface area contributed by atoms with Crippen LogP contribution in [0.2, 0.25) is 0 Å². The summed E-state index contributed by atoms with van der Waals surface area (Å²) in [6.45, 7) is 2.36. The molecule has 0 saturated heterocycles. The molecule has 232 valence electrons. The minimum atomic E-state index is -0.270. The minimum absolute atomic E-state index is 0.0186. The second-order valence-corrected chi connectivity index (χ2v) is 13.7. The Balaban J connectivity index is 1.22. The van der Waals surface area contributed by atoms with E-state index in [9.17, 15) is 5.26 Å². The third-order valence-corrected chi connectivity index (χ3v) is 11.1. The van der Waals surface area contributed by atoms with Crippen molar-refractivity contribution in [2.45, 2.75) is 50.5 Å². The van der Waals surface area contributed by atoms with Gasteiger partial charge in [-0.25, -0.2) is 0 Å². The van der Waals surface area contributed by atoms with Gasteiger partial charge in [-0.3, -0.25) is 0 Å². The van der Waals surface area contributed by atoms with Gasteiger partial charge in [-0.1, -0.05) is 91.9 Å². The summed E-state index contributed by atoms with van der Waals surface area (Å²) in [4.78, 5) is 0. The summed E-state index contributed by atoms with van der Waals surface area (Å²) in [5.41, 5.74) is 13.4. The fourth-order valence-corrected chi connectivity index (χ4v) is 9.05. The monoisotopic (exact) mass is 621 g/mol. The van der Waals surface area contributed by atoms with Gasteiger partial charge in [0.1, 0.15) is 11.9 Å². The zero-order valence-corrected chi connectivity index (χ0v) is 26.9. The van der Waals surface area contributed by atoms with Gasteiger partial charge in [0.15, 0.2) is 0 Å². The summed E-state index contributed by atoms with van der Waals surface area (Å²) in [5.74, 6) is 1.48. The lowest BCUT2D eigenvalue weighted by Gasteiger charge is -2.26. The van der Waals surface area contributed by atoms with Crippen molar-refractivity contribution in [1.29, 1.82) is 5.26 Å². The molecule has 10 rings (SSSR count). The summed E-state index contributed by atoms with van der Waals surface area (Å²) in [5, 5.41) is 13.0. The van der Waals surface area contributed by atoms with Crippen molar-refractivity contribution in [3.8, 4) is 11.8 Å². The van der Waals surface area contributed by atoms with Crippen LogP contribution in [0.25, 0.3) is 50.9 Å². The molecule has 4 atom stereocenters.